The molecule has 1 atom stereocenters. The van der Waals surface area contributed by atoms with E-state index in [4.69, 9.17) is 9.84 Å². The molecular weight excluding hydrogens is 252 g/mol. The van der Waals surface area contributed by atoms with Crippen LogP contribution >= 0.6 is 0 Å². The minimum absolute atomic E-state index is 0.0196. The first kappa shape index (κ1) is 17.2. The number of aliphatic carboxylic acids is 2. The lowest BCUT2D eigenvalue weighted by atomic mass is 9.92. The lowest BCUT2D eigenvalue weighted by Crippen LogP contribution is -2.45. The van der Waals surface area contributed by atoms with Gasteiger partial charge in [0.2, 0.25) is 5.60 Å². The molecule has 0 aromatic carbocycles. The predicted octanol–water partition coefficient (Wildman–Crippen LogP) is 1.98. The summed E-state index contributed by atoms with van der Waals surface area (Å²) >= 11 is 0. The quantitative estimate of drug-likeness (QED) is 0.358. The summed E-state index contributed by atoms with van der Waals surface area (Å²) in [5, 5.41) is 18.0. The largest absolute Gasteiger partial charge is 0.481 e. The lowest BCUT2D eigenvalue weighted by Gasteiger charge is -2.27. The zero-order valence-electron chi connectivity index (χ0n) is 11.1. The van der Waals surface area contributed by atoms with Gasteiger partial charge in [0.05, 0.1) is 6.42 Å². The molecule has 0 aliphatic rings. The zero-order valence-corrected chi connectivity index (χ0v) is 11.1. The van der Waals surface area contributed by atoms with E-state index in [-0.39, 0.29) is 6.42 Å². The Hall–Kier alpha value is -1.85. The van der Waals surface area contributed by atoms with Gasteiger partial charge in [0.1, 0.15) is 0 Å². The molecule has 0 heterocycles. The molecule has 0 rings (SSSR count). The van der Waals surface area contributed by atoms with Gasteiger partial charge in [-0.2, -0.15) is 0 Å². The van der Waals surface area contributed by atoms with Crippen LogP contribution in [0.5, 0.6) is 0 Å². The molecule has 19 heavy (non-hydrogen) atoms. The minimum Gasteiger partial charge on any atom is -0.481 e. The van der Waals surface area contributed by atoms with Crippen molar-refractivity contribution in [3.05, 3.63) is 12.7 Å². The molecule has 108 valence electrons. The number of carboxylic acid groups (broad SMARTS) is 2. The monoisotopic (exact) mass is 272 g/mol. The Kier molecular flexibility index (Phi) is 7.48. The van der Waals surface area contributed by atoms with Crippen molar-refractivity contribution >= 4 is 17.9 Å². The first-order valence-electron chi connectivity index (χ1n) is 6.18. The smallest absolute Gasteiger partial charge is 0.348 e. The molecule has 0 aliphatic heterocycles. The van der Waals surface area contributed by atoms with Crippen LogP contribution in [0.2, 0.25) is 0 Å². The van der Waals surface area contributed by atoms with E-state index in [0.717, 1.165) is 25.3 Å². The van der Waals surface area contributed by atoms with Crippen molar-refractivity contribution < 1.29 is 29.3 Å². The molecule has 0 bridgehead atoms. The van der Waals surface area contributed by atoms with E-state index >= 15 is 0 Å². The Morgan fingerprint density at radius 3 is 2.26 bits per heavy atom. The van der Waals surface area contributed by atoms with Crippen LogP contribution in [-0.2, 0) is 19.1 Å². The van der Waals surface area contributed by atoms with Crippen LogP contribution in [0.3, 0.4) is 0 Å². The number of rotatable bonds is 10. The van der Waals surface area contributed by atoms with E-state index in [1.54, 1.807) is 0 Å². The Balaban J connectivity index is 4.91. The van der Waals surface area contributed by atoms with Crippen molar-refractivity contribution in [1.82, 2.24) is 0 Å². The van der Waals surface area contributed by atoms with E-state index < -0.39 is 29.9 Å². The molecule has 1 unspecified atom stereocenters. The summed E-state index contributed by atoms with van der Waals surface area (Å²) in [6.45, 7) is 5.18. The average Bonchev–Trinajstić information content (AvgIpc) is 2.33. The first-order valence-corrected chi connectivity index (χ1v) is 6.18. The molecule has 0 fully saturated rings. The Bertz CT molecular complexity index is 349. The molecule has 0 aromatic rings. The van der Waals surface area contributed by atoms with Crippen LogP contribution in [0.1, 0.15) is 45.4 Å². The number of carbonyl (C=O) groups excluding carboxylic acids is 1. The van der Waals surface area contributed by atoms with Gasteiger partial charge in [0, 0.05) is 6.08 Å². The molecule has 0 amide bonds. The van der Waals surface area contributed by atoms with Crippen LogP contribution in [0.15, 0.2) is 12.7 Å². The van der Waals surface area contributed by atoms with E-state index in [9.17, 15) is 19.5 Å². The molecule has 0 aromatic heterocycles. The highest BCUT2D eigenvalue weighted by molar-refractivity contribution is 5.89. The fourth-order valence-corrected chi connectivity index (χ4v) is 1.72. The standard InChI is InChI=1S/C13H20O6/c1-3-5-6-7-8-13(12(17)18,9-10(14)15)19-11(16)4-2/h4H,2-3,5-9H2,1H3,(H,14,15)(H,17,18). The second kappa shape index (κ2) is 8.29. The minimum atomic E-state index is -2.01. The number of unbranched alkanes of at least 4 members (excludes halogenated alkanes) is 3. The molecule has 0 saturated heterocycles. The number of esters is 1. The molecule has 0 spiro atoms. The summed E-state index contributed by atoms with van der Waals surface area (Å²) in [6.07, 6.45) is 3.17. The lowest BCUT2D eigenvalue weighted by molar-refractivity contribution is -0.180. The van der Waals surface area contributed by atoms with Gasteiger partial charge in [-0.1, -0.05) is 32.8 Å². The number of ether oxygens (including phenoxy) is 1. The van der Waals surface area contributed by atoms with Crippen molar-refractivity contribution in [2.75, 3.05) is 0 Å². The van der Waals surface area contributed by atoms with Gasteiger partial charge in [0.15, 0.2) is 0 Å². The Labute approximate surface area is 112 Å². The summed E-state index contributed by atoms with van der Waals surface area (Å²) in [7, 11) is 0. The van der Waals surface area contributed by atoms with Crippen molar-refractivity contribution in [3.8, 4) is 0 Å². The molecular formula is C13H20O6. The van der Waals surface area contributed by atoms with Gasteiger partial charge < -0.3 is 14.9 Å². The van der Waals surface area contributed by atoms with Gasteiger partial charge >= 0.3 is 17.9 Å². The average molecular weight is 272 g/mol. The summed E-state index contributed by atoms with van der Waals surface area (Å²) in [5.74, 6) is -3.70. The molecule has 6 nitrogen and oxygen atoms in total. The number of carbonyl (C=O) groups is 3. The van der Waals surface area contributed by atoms with Crippen LogP contribution in [0.4, 0.5) is 0 Å². The maximum atomic E-state index is 11.3. The second-order valence-electron chi connectivity index (χ2n) is 4.31. The second-order valence-corrected chi connectivity index (χ2v) is 4.31. The third-order valence-electron chi connectivity index (χ3n) is 2.72. The fourth-order valence-electron chi connectivity index (χ4n) is 1.72. The summed E-state index contributed by atoms with van der Waals surface area (Å²) in [6, 6.07) is 0. The van der Waals surface area contributed by atoms with Gasteiger partial charge in [-0.3, -0.25) is 4.79 Å². The molecule has 0 saturated carbocycles. The molecule has 6 heteroatoms. The van der Waals surface area contributed by atoms with Crippen molar-refractivity contribution in [2.45, 2.75) is 51.0 Å². The van der Waals surface area contributed by atoms with Crippen LogP contribution in [0.25, 0.3) is 0 Å². The third kappa shape index (κ3) is 6.03. The highest BCUT2D eigenvalue weighted by Gasteiger charge is 2.44. The highest BCUT2D eigenvalue weighted by atomic mass is 16.6. The summed E-state index contributed by atoms with van der Waals surface area (Å²) in [5.41, 5.74) is -2.01. The van der Waals surface area contributed by atoms with Crippen molar-refractivity contribution in [3.63, 3.8) is 0 Å². The van der Waals surface area contributed by atoms with Gasteiger partial charge in [0.25, 0.3) is 0 Å². The van der Waals surface area contributed by atoms with Gasteiger partial charge in [-0.25, -0.2) is 9.59 Å². The maximum Gasteiger partial charge on any atom is 0.348 e. The van der Waals surface area contributed by atoms with Gasteiger partial charge in [-0.15, -0.1) is 0 Å². The molecule has 0 aliphatic carbocycles. The normalized spacial score (nSPS) is 13.3. The summed E-state index contributed by atoms with van der Waals surface area (Å²) in [4.78, 5) is 33.3. The highest BCUT2D eigenvalue weighted by Crippen LogP contribution is 2.25. The van der Waals surface area contributed by atoms with Gasteiger partial charge in [-0.05, 0) is 12.8 Å². The number of carboxylic acids is 2. The van der Waals surface area contributed by atoms with E-state index in [1.165, 1.54) is 0 Å². The van der Waals surface area contributed by atoms with Crippen LogP contribution < -0.4 is 0 Å². The fraction of sp³-hybridized carbons (Fsp3) is 0.615. The third-order valence-corrected chi connectivity index (χ3v) is 2.72. The number of hydrogen-bond donors (Lipinski definition) is 2. The van der Waals surface area contributed by atoms with Crippen molar-refractivity contribution in [1.29, 1.82) is 0 Å². The van der Waals surface area contributed by atoms with Crippen LogP contribution in [0, 0.1) is 0 Å². The van der Waals surface area contributed by atoms with Crippen LogP contribution in [-0.4, -0.2) is 33.7 Å². The van der Waals surface area contributed by atoms with E-state index in [0.29, 0.717) is 6.42 Å². The van der Waals surface area contributed by atoms with E-state index in [1.807, 2.05) is 6.92 Å². The summed E-state index contributed by atoms with van der Waals surface area (Å²) < 4.78 is 4.80. The maximum absolute atomic E-state index is 11.3. The number of hydrogen-bond acceptors (Lipinski definition) is 4. The Morgan fingerprint density at radius 2 is 1.84 bits per heavy atom. The predicted molar refractivity (Wildman–Crippen MR) is 67.7 cm³/mol. The van der Waals surface area contributed by atoms with E-state index in [2.05, 4.69) is 6.58 Å². The zero-order chi connectivity index (χ0) is 14.9. The SMILES string of the molecule is C=CC(=O)OC(CCCCCC)(CC(=O)O)C(=O)O. The Morgan fingerprint density at radius 1 is 1.21 bits per heavy atom. The molecule has 2 N–H and O–H groups in total. The first-order chi connectivity index (χ1) is 8.88. The van der Waals surface area contributed by atoms with Crippen molar-refractivity contribution in [2.24, 2.45) is 0 Å². The topological polar surface area (TPSA) is 101 Å². The molecule has 0 radical (unpaired) electrons.